The first-order valence-electron chi connectivity index (χ1n) is 6.96. The predicted octanol–water partition coefficient (Wildman–Crippen LogP) is 1.04. The summed E-state index contributed by atoms with van der Waals surface area (Å²) in [6, 6.07) is 6.10. The minimum atomic E-state index is 0.0589. The van der Waals surface area contributed by atoms with E-state index >= 15 is 0 Å². The van der Waals surface area contributed by atoms with Crippen molar-refractivity contribution in [2.45, 2.75) is 18.9 Å². The number of pyridine rings is 1. The lowest BCUT2D eigenvalue weighted by Crippen LogP contribution is -2.52. The van der Waals surface area contributed by atoms with Crippen LogP contribution in [0.4, 0.5) is 5.82 Å². The highest BCUT2D eigenvalue weighted by atomic mass is 16.2. The Kier molecular flexibility index (Phi) is 3.38. The van der Waals surface area contributed by atoms with Gasteiger partial charge in [-0.1, -0.05) is 6.07 Å². The molecule has 0 aliphatic carbocycles. The molecule has 102 valence electrons. The first-order chi connectivity index (χ1) is 9.28. The molecule has 5 nitrogen and oxygen atoms in total. The van der Waals surface area contributed by atoms with E-state index in [1.807, 2.05) is 24.1 Å². The van der Waals surface area contributed by atoms with Crippen molar-refractivity contribution in [2.24, 2.45) is 0 Å². The van der Waals surface area contributed by atoms with Crippen molar-refractivity contribution in [1.82, 2.24) is 14.8 Å². The van der Waals surface area contributed by atoms with Gasteiger partial charge < -0.3 is 10.2 Å². The second kappa shape index (κ2) is 5.17. The average Bonchev–Trinajstić information content (AvgIpc) is 2.94. The Morgan fingerprint density at radius 1 is 1.37 bits per heavy atom. The highest BCUT2D eigenvalue weighted by Crippen LogP contribution is 2.22. The van der Waals surface area contributed by atoms with Gasteiger partial charge >= 0.3 is 0 Å². The second-order valence-corrected chi connectivity index (χ2v) is 5.24. The molecule has 3 heterocycles. The number of hydrogen-bond acceptors (Lipinski definition) is 4. The van der Waals surface area contributed by atoms with Crippen LogP contribution < -0.4 is 5.32 Å². The molecule has 1 unspecified atom stereocenters. The summed E-state index contributed by atoms with van der Waals surface area (Å²) in [4.78, 5) is 21.3. The molecule has 1 aromatic heterocycles. The Morgan fingerprint density at radius 2 is 2.26 bits per heavy atom. The van der Waals surface area contributed by atoms with Gasteiger partial charge in [0.15, 0.2) is 0 Å². The summed E-state index contributed by atoms with van der Waals surface area (Å²) in [5, 5.41) is 2.97. The summed E-state index contributed by atoms with van der Waals surface area (Å²) in [7, 11) is 1.81. The van der Waals surface area contributed by atoms with Crippen LogP contribution in [0, 0.1) is 0 Å². The normalized spacial score (nSPS) is 23.2. The molecule has 2 aliphatic rings. The third-order valence-corrected chi connectivity index (χ3v) is 4.10. The zero-order valence-electron chi connectivity index (χ0n) is 11.3. The molecule has 5 heteroatoms. The number of amides is 1. The minimum absolute atomic E-state index is 0.0589. The molecule has 19 heavy (non-hydrogen) atoms. The van der Waals surface area contributed by atoms with Gasteiger partial charge in [0.1, 0.15) is 11.5 Å². The number of nitrogens with one attached hydrogen (secondary N) is 1. The van der Waals surface area contributed by atoms with E-state index in [0.29, 0.717) is 11.7 Å². The van der Waals surface area contributed by atoms with E-state index in [1.54, 1.807) is 6.07 Å². The molecule has 2 fully saturated rings. The Morgan fingerprint density at radius 3 is 3.11 bits per heavy atom. The first kappa shape index (κ1) is 12.4. The maximum absolute atomic E-state index is 12.5. The Labute approximate surface area is 113 Å². The van der Waals surface area contributed by atoms with Gasteiger partial charge in [0.2, 0.25) is 0 Å². The molecule has 1 amide bonds. The summed E-state index contributed by atoms with van der Waals surface area (Å²) < 4.78 is 0. The number of carbonyl (C=O) groups is 1. The standard InChI is InChI=1S/C14H20N4O/c1-15-13-6-2-5-12(16-13)14(19)18-9-8-17-7-3-4-11(17)10-18/h2,5-6,11H,3-4,7-10H2,1H3,(H,15,16). The monoisotopic (exact) mass is 260 g/mol. The molecule has 0 spiro atoms. The SMILES string of the molecule is CNc1cccc(C(=O)N2CCN3CCCC3C2)n1. The van der Waals surface area contributed by atoms with Crippen LogP contribution in [0.5, 0.6) is 0 Å². The first-order valence-corrected chi connectivity index (χ1v) is 6.96. The Bertz CT molecular complexity index is 476. The van der Waals surface area contributed by atoms with Crippen molar-refractivity contribution in [2.75, 3.05) is 38.5 Å². The van der Waals surface area contributed by atoms with Gasteiger partial charge in [-0.05, 0) is 31.5 Å². The Balaban J connectivity index is 1.72. The van der Waals surface area contributed by atoms with Gasteiger partial charge in [-0.2, -0.15) is 0 Å². The van der Waals surface area contributed by atoms with Crippen LogP contribution in [0.3, 0.4) is 0 Å². The zero-order valence-corrected chi connectivity index (χ0v) is 11.3. The third-order valence-electron chi connectivity index (χ3n) is 4.10. The largest absolute Gasteiger partial charge is 0.373 e. The molecule has 0 saturated carbocycles. The highest BCUT2D eigenvalue weighted by molar-refractivity contribution is 5.92. The maximum Gasteiger partial charge on any atom is 0.272 e. The molecule has 2 saturated heterocycles. The van der Waals surface area contributed by atoms with Gasteiger partial charge in [-0.3, -0.25) is 9.69 Å². The lowest BCUT2D eigenvalue weighted by atomic mass is 10.1. The van der Waals surface area contributed by atoms with Crippen molar-refractivity contribution >= 4 is 11.7 Å². The Hall–Kier alpha value is -1.62. The summed E-state index contributed by atoms with van der Waals surface area (Å²) in [6.45, 7) is 3.87. The van der Waals surface area contributed by atoms with Crippen LogP contribution in [0.25, 0.3) is 0 Å². The number of hydrogen-bond donors (Lipinski definition) is 1. The molecule has 0 bridgehead atoms. The van der Waals surface area contributed by atoms with E-state index in [4.69, 9.17) is 0 Å². The topological polar surface area (TPSA) is 48.5 Å². The van der Waals surface area contributed by atoms with Crippen LogP contribution in [0.1, 0.15) is 23.3 Å². The quantitative estimate of drug-likeness (QED) is 0.863. The molecule has 2 aliphatic heterocycles. The van der Waals surface area contributed by atoms with E-state index in [9.17, 15) is 4.79 Å². The molecular weight excluding hydrogens is 240 g/mol. The molecule has 1 aromatic rings. The fourth-order valence-electron chi connectivity index (χ4n) is 3.03. The lowest BCUT2D eigenvalue weighted by Gasteiger charge is -2.37. The van der Waals surface area contributed by atoms with Gasteiger partial charge in [-0.25, -0.2) is 4.98 Å². The lowest BCUT2D eigenvalue weighted by molar-refractivity contribution is 0.0566. The molecule has 3 rings (SSSR count). The van der Waals surface area contributed by atoms with Crippen LogP contribution in [-0.4, -0.2) is 60.0 Å². The number of piperazine rings is 1. The fourth-order valence-corrected chi connectivity index (χ4v) is 3.03. The average molecular weight is 260 g/mol. The second-order valence-electron chi connectivity index (χ2n) is 5.24. The van der Waals surface area contributed by atoms with Crippen molar-refractivity contribution in [3.8, 4) is 0 Å². The van der Waals surface area contributed by atoms with Gasteiger partial charge in [-0.15, -0.1) is 0 Å². The van der Waals surface area contributed by atoms with E-state index in [-0.39, 0.29) is 5.91 Å². The fraction of sp³-hybridized carbons (Fsp3) is 0.571. The third kappa shape index (κ3) is 2.42. The van der Waals surface area contributed by atoms with Gasteiger partial charge in [0, 0.05) is 32.7 Å². The van der Waals surface area contributed by atoms with E-state index in [0.717, 1.165) is 25.5 Å². The summed E-state index contributed by atoms with van der Waals surface area (Å²) in [5.74, 6) is 0.800. The smallest absolute Gasteiger partial charge is 0.272 e. The van der Waals surface area contributed by atoms with Crippen LogP contribution in [0.15, 0.2) is 18.2 Å². The number of anilines is 1. The molecule has 0 aromatic carbocycles. The van der Waals surface area contributed by atoms with Crippen LogP contribution in [0.2, 0.25) is 0 Å². The summed E-state index contributed by atoms with van der Waals surface area (Å²) in [5.41, 5.74) is 0.540. The maximum atomic E-state index is 12.5. The number of aromatic nitrogens is 1. The molecular formula is C14H20N4O. The van der Waals surface area contributed by atoms with E-state index in [2.05, 4.69) is 15.2 Å². The van der Waals surface area contributed by atoms with Gasteiger partial charge in [0.05, 0.1) is 0 Å². The minimum Gasteiger partial charge on any atom is -0.373 e. The molecule has 1 atom stereocenters. The van der Waals surface area contributed by atoms with Crippen LogP contribution >= 0.6 is 0 Å². The number of carbonyl (C=O) groups excluding carboxylic acids is 1. The van der Waals surface area contributed by atoms with Crippen molar-refractivity contribution in [1.29, 1.82) is 0 Å². The number of fused-ring (bicyclic) bond motifs is 1. The number of nitrogens with zero attached hydrogens (tertiary/aromatic N) is 3. The van der Waals surface area contributed by atoms with Gasteiger partial charge in [0.25, 0.3) is 5.91 Å². The van der Waals surface area contributed by atoms with E-state index in [1.165, 1.54) is 19.4 Å². The summed E-state index contributed by atoms with van der Waals surface area (Å²) in [6.07, 6.45) is 2.48. The summed E-state index contributed by atoms with van der Waals surface area (Å²) >= 11 is 0. The zero-order chi connectivity index (χ0) is 13.2. The van der Waals surface area contributed by atoms with Crippen LogP contribution in [-0.2, 0) is 0 Å². The highest BCUT2D eigenvalue weighted by Gasteiger charge is 2.33. The van der Waals surface area contributed by atoms with Crippen molar-refractivity contribution in [3.63, 3.8) is 0 Å². The van der Waals surface area contributed by atoms with Crippen molar-refractivity contribution in [3.05, 3.63) is 23.9 Å². The van der Waals surface area contributed by atoms with Crippen molar-refractivity contribution < 1.29 is 4.79 Å². The molecule has 0 radical (unpaired) electrons. The number of rotatable bonds is 2. The predicted molar refractivity (Wildman–Crippen MR) is 74.3 cm³/mol. The molecule has 1 N–H and O–H groups in total. The van der Waals surface area contributed by atoms with E-state index < -0.39 is 0 Å².